The molecule has 1 aliphatic heterocycles. The summed E-state index contributed by atoms with van der Waals surface area (Å²) in [5.74, 6) is -0.579. The van der Waals surface area contributed by atoms with Gasteiger partial charge in [0.05, 0.1) is 17.4 Å². The molecule has 1 aliphatic rings. The van der Waals surface area contributed by atoms with Gasteiger partial charge in [-0.05, 0) is 55.7 Å². The zero-order chi connectivity index (χ0) is 24.2. The smallest absolute Gasteiger partial charge is 0.246 e. The van der Waals surface area contributed by atoms with Crippen molar-refractivity contribution < 1.29 is 26.4 Å². The van der Waals surface area contributed by atoms with Gasteiger partial charge in [-0.3, -0.25) is 4.79 Å². The third kappa shape index (κ3) is 6.24. The minimum absolute atomic E-state index is 0.0156. The molecule has 3 rings (SSSR count). The van der Waals surface area contributed by atoms with Crippen LogP contribution in [0.2, 0.25) is 5.02 Å². The van der Waals surface area contributed by atoms with Crippen molar-refractivity contribution >= 4 is 37.6 Å². The number of rotatable bonds is 8. The second kappa shape index (κ2) is 10.4. The van der Waals surface area contributed by atoms with E-state index in [1.165, 1.54) is 28.6 Å². The summed E-state index contributed by atoms with van der Waals surface area (Å²) in [5.41, 5.74) is 0.691. The summed E-state index contributed by atoms with van der Waals surface area (Å²) in [5, 5.41) is 8.15. The first-order valence-corrected chi connectivity index (χ1v) is 13.7. The fourth-order valence-electron chi connectivity index (χ4n) is 3.60. The number of carbonyl (C=O) groups is 1. The van der Waals surface area contributed by atoms with Crippen LogP contribution in [-0.4, -0.2) is 46.7 Å². The number of hydrogen-bond donors (Lipinski definition) is 2. The lowest BCUT2D eigenvalue weighted by atomic mass is 9.99. The van der Waals surface area contributed by atoms with E-state index < -0.39 is 26.0 Å². The van der Waals surface area contributed by atoms with Crippen LogP contribution in [0.4, 0.5) is 0 Å². The Hall–Kier alpha value is -2.18. The first-order valence-electron chi connectivity index (χ1n) is 10.3. The highest BCUT2D eigenvalue weighted by Gasteiger charge is 2.35. The normalized spacial score (nSPS) is 17.5. The van der Waals surface area contributed by atoms with Gasteiger partial charge in [0.2, 0.25) is 26.0 Å². The summed E-state index contributed by atoms with van der Waals surface area (Å²) < 4.78 is 56.0. The van der Waals surface area contributed by atoms with Gasteiger partial charge in [0.15, 0.2) is 0 Å². The predicted octanol–water partition coefficient (Wildman–Crippen LogP) is 2.10. The van der Waals surface area contributed by atoms with Crippen LogP contribution in [-0.2, 0) is 31.4 Å². The van der Waals surface area contributed by atoms with E-state index in [1.54, 1.807) is 25.1 Å². The van der Waals surface area contributed by atoms with Crippen LogP contribution in [0.15, 0.2) is 52.3 Å². The average Bonchev–Trinajstić information content (AvgIpc) is 2.78. The van der Waals surface area contributed by atoms with Crippen LogP contribution in [0.5, 0.6) is 5.75 Å². The zero-order valence-electron chi connectivity index (χ0n) is 18.0. The zero-order valence-corrected chi connectivity index (χ0v) is 20.4. The highest BCUT2D eigenvalue weighted by Crippen LogP contribution is 2.32. The van der Waals surface area contributed by atoms with Gasteiger partial charge in [-0.25, -0.2) is 22.0 Å². The van der Waals surface area contributed by atoms with Gasteiger partial charge < -0.3 is 10.1 Å². The number of benzene rings is 2. The second-order valence-electron chi connectivity index (χ2n) is 7.63. The highest BCUT2D eigenvalue weighted by atomic mass is 35.5. The van der Waals surface area contributed by atoms with Crippen LogP contribution in [0.3, 0.4) is 0 Å². The molecule has 1 fully saturated rings. The number of primary sulfonamides is 1. The Bertz CT molecular complexity index is 1220. The minimum Gasteiger partial charge on any atom is -0.492 e. The van der Waals surface area contributed by atoms with Gasteiger partial charge in [-0.2, -0.15) is 4.31 Å². The SMILES string of the molecule is CCOc1ccc(Cl)cc1S(=O)(=O)N1CCC[C@@H](C(=O)NCc2ccc(S(N)(=O)=O)cc2)C1. The van der Waals surface area contributed by atoms with Crippen LogP contribution >= 0.6 is 11.6 Å². The molecule has 2 aromatic rings. The maximum atomic E-state index is 13.3. The van der Waals surface area contributed by atoms with E-state index in [-0.39, 0.29) is 39.6 Å². The van der Waals surface area contributed by atoms with Gasteiger partial charge >= 0.3 is 0 Å². The first kappa shape index (κ1) is 25.4. The molecular formula is C21H26ClN3O6S2. The number of sulfonamides is 2. The van der Waals surface area contributed by atoms with Crippen molar-refractivity contribution in [3.63, 3.8) is 0 Å². The topological polar surface area (TPSA) is 136 Å². The van der Waals surface area contributed by atoms with Crippen molar-refractivity contribution in [2.45, 2.75) is 36.1 Å². The van der Waals surface area contributed by atoms with Gasteiger partial charge in [0.1, 0.15) is 10.6 Å². The Morgan fingerprint density at radius 3 is 2.52 bits per heavy atom. The number of hydrogen-bond acceptors (Lipinski definition) is 6. The maximum absolute atomic E-state index is 13.3. The van der Waals surface area contributed by atoms with Gasteiger partial charge in [0.25, 0.3) is 0 Å². The van der Waals surface area contributed by atoms with E-state index in [1.807, 2.05) is 0 Å². The molecule has 0 saturated carbocycles. The molecule has 1 heterocycles. The van der Waals surface area contributed by atoms with Crippen molar-refractivity contribution in [3.05, 3.63) is 53.1 Å². The Labute approximate surface area is 199 Å². The number of piperidine rings is 1. The molecule has 3 N–H and O–H groups in total. The van der Waals surface area contributed by atoms with E-state index in [9.17, 15) is 21.6 Å². The van der Waals surface area contributed by atoms with Crippen molar-refractivity contribution in [2.24, 2.45) is 11.1 Å². The van der Waals surface area contributed by atoms with E-state index in [0.717, 1.165) is 0 Å². The van der Waals surface area contributed by atoms with Gasteiger partial charge in [-0.1, -0.05) is 23.7 Å². The monoisotopic (exact) mass is 515 g/mol. The summed E-state index contributed by atoms with van der Waals surface area (Å²) in [6.07, 6.45) is 1.08. The molecule has 1 atom stereocenters. The summed E-state index contributed by atoms with van der Waals surface area (Å²) >= 11 is 6.03. The number of halogens is 1. The van der Waals surface area contributed by atoms with Crippen LogP contribution in [0, 0.1) is 5.92 Å². The standard InChI is InChI=1S/C21H26ClN3O6S2/c1-2-31-19-10-7-17(22)12-20(19)33(29,30)25-11-3-4-16(14-25)21(26)24-13-15-5-8-18(9-6-15)32(23,27)28/h5-10,12,16H,2-4,11,13-14H2,1H3,(H,24,26)(H2,23,27,28)/t16-/m1/s1. The largest absolute Gasteiger partial charge is 0.492 e. The number of carbonyl (C=O) groups excluding carboxylic acids is 1. The predicted molar refractivity (Wildman–Crippen MR) is 124 cm³/mol. The molecule has 0 bridgehead atoms. The maximum Gasteiger partial charge on any atom is 0.246 e. The molecule has 0 aliphatic carbocycles. The van der Waals surface area contributed by atoms with E-state index in [0.29, 0.717) is 31.6 Å². The minimum atomic E-state index is -3.91. The van der Waals surface area contributed by atoms with Crippen molar-refractivity contribution in [1.29, 1.82) is 0 Å². The van der Waals surface area contributed by atoms with E-state index in [2.05, 4.69) is 5.32 Å². The average molecular weight is 516 g/mol. The third-order valence-corrected chi connectivity index (χ3v) is 8.35. The summed E-state index contributed by atoms with van der Waals surface area (Å²) in [7, 11) is -7.70. The molecule has 33 heavy (non-hydrogen) atoms. The molecule has 12 heteroatoms. The fraction of sp³-hybridized carbons (Fsp3) is 0.381. The Kier molecular flexibility index (Phi) is 8.01. The lowest BCUT2D eigenvalue weighted by Gasteiger charge is -2.31. The molecule has 2 aromatic carbocycles. The van der Waals surface area contributed by atoms with Crippen molar-refractivity contribution in [2.75, 3.05) is 19.7 Å². The Morgan fingerprint density at radius 2 is 1.88 bits per heavy atom. The quantitative estimate of drug-likeness (QED) is 0.552. The number of ether oxygens (including phenoxy) is 1. The summed E-state index contributed by atoms with van der Waals surface area (Å²) in [6, 6.07) is 10.3. The van der Waals surface area contributed by atoms with Gasteiger partial charge in [-0.15, -0.1) is 0 Å². The van der Waals surface area contributed by atoms with Crippen LogP contribution < -0.4 is 15.2 Å². The van der Waals surface area contributed by atoms with Crippen molar-refractivity contribution in [3.8, 4) is 5.75 Å². The number of nitrogens with zero attached hydrogens (tertiary/aromatic N) is 1. The molecule has 180 valence electrons. The molecule has 1 saturated heterocycles. The van der Waals surface area contributed by atoms with E-state index in [4.69, 9.17) is 21.5 Å². The molecule has 0 spiro atoms. The third-order valence-electron chi connectivity index (χ3n) is 5.30. The second-order valence-corrected chi connectivity index (χ2v) is 11.5. The molecule has 0 radical (unpaired) electrons. The van der Waals surface area contributed by atoms with E-state index >= 15 is 0 Å². The molecule has 0 unspecified atom stereocenters. The molecule has 1 amide bonds. The van der Waals surface area contributed by atoms with Crippen LogP contribution in [0.25, 0.3) is 0 Å². The summed E-state index contributed by atoms with van der Waals surface area (Å²) in [4.78, 5) is 12.7. The van der Waals surface area contributed by atoms with Crippen molar-refractivity contribution in [1.82, 2.24) is 9.62 Å². The number of nitrogens with two attached hydrogens (primary N) is 1. The Balaban J connectivity index is 1.68. The molecule has 9 nitrogen and oxygen atoms in total. The number of nitrogens with one attached hydrogen (secondary N) is 1. The first-order chi connectivity index (χ1) is 15.5. The lowest BCUT2D eigenvalue weighted by Crippen LogP contribution is -2.45. The Morgan fingerprint density at radius 1 is 1.18 bits per heavy atom. The summed E-state index contributed by atoms with van der Waals surface area (Å²) in [6.45, 7) is 2.56. The van der Waals surface area contributed by atoms with Gasteiger partial charge in [0, 0.05) is 24.7 Å². The fourth-order valence-corrected chi connectivity index (χ4v) is 6.04. The lowest BCUT2D eigenvalue weighted by molar-refractivity contribution is -0.126. The number of amides is 1. The molecular weight excluding hydrogens is 490 g/mol. The highest BCUT2D eigenvalue weighted by molar-refractivity contribution is 7.89. The molecule has 0 aromatic heterocycles. The van der Waals surface area contributed by atoms with Crippen LogP contribution in [0.1, 0.15) is 25.3 Å².